The van der Waals surface area contributed by atoms with Gasteiger partial charge in [-0.2, -0.15) is 0 Å². The molecule has 1 N–H and O–H groups in total. The highest BCUT2D eigenvalue weighted by Crippen LogP contribution is 2.22. The van der Waals surface area contributed by atoms with Crippen molar-refractivity contribution < 1.29 is 14.3 Å². The maximum absolute atomic E-state index is 12.7. The number of hydrogen-bond acceptors (Lipinski definition) is 4. The average molecular weight is 359 g/mol. The normalized spacial score (nSPS) is 20.4. The van der Waals surface area contributed by atoms with Crippen molar-refractivity contribution in [1.29, 1.82) is 0 Å². The van der Waals surface area contributed by atoms with Crippen molar-refractivity contribution in [3.05, 3.63) is 35.3 Å². The van der Waals surface area contributed by atoms with E-state index in [1.54, 1.807) is 0 Å². The number of hydrogen-bond donors (Lipinski definition) is 1. The Kier molecular flexibility index (Phi) is 6.27. The monoisotopic (exact) mass is 359 g/mol. The van der Waals surface area contributed by atoms with Gasteiger partial charge in [0.15, 0.2) is 0 Å². The molecular formula is C20H29N3O3. The zero-order valence-corrected chi connectivity index (χ0v) is 16.0. The van der Waals surface area contributed by atoms with Crippen LogP contribution in [0.25, 0.3) is 5.65 Å². The van der Waals surface area contributed by atoms with Gasteiger partial charge in [0.2, 0.25) is 0 Å². The molecule has 0 atom stereocenters. The summed E-state index contributed by atoms with van der Waals surface area (Å²) in [4.78, 5) is 17.3. The highest BCUT2D eigenvalue weighted by atomic mass is 16.5. The van der Waals surface area contributed by atoms with Gasteiger partial charge in [-0.25, -0.2) is 4.98 Å². The molecule has 26 heavy (non-hydrogen) atoms. The van der Waals surface area contributed by atoms with E-state index in [0.717, 1.165) is 49.3 Å². The second-order valence-corrected chi connectivity index (χ2v) is 6.98. The topological polar surface area (TPSA) is 64.9 Å². The van der Waals surface area contributed by atoms with Crippen molar-refractivity contribution in [2.24, 2.45) is 0 Å². The van der Waals surface area contributed by atoms with Gasteiger partial charge in [-0.1, -0.05) is 0 Å². The van der Waals surface area contributed by atoms with Crippen LogP contribution in [0.2, 0.25) is 0 Å². The summed E-state index contributed by atoms with van der Waals surface area (Å²) in [6.07, 6.45) is 6.04. The molecule has 1 amide bonds. The van der Waals surface area contributed by atoms with E-state index in [1.807, 2.05) is 43.5 Å². The van der Waals surface area contributed by atoms with E-state index in [2.05, 4.69) is 10.3 Å². The van der Waals surface area contributed by atoms with Crippen LogP contribution < -0.4 is 5.32 Å². The van der Waals surface area contributed by atoms with E-state index in [-0.39, 0.29) is 18.1 Å². The standard InChI is InChI=1S/C20H29N3O3/c1-4-25-11-12-26-17-7-5-16(6-8-17)22-20(24)18-9-10-23-15(3)13-14(2)21-19(18)23/h9-10,13,16-17H,4-8,11-12H2,1-3H3,(H,22,24). The molecule has 0 saturated heterocycles. The largest absolute Gasteiger partial charge is 0.379 e. The van der Waals surface area contributed by atoms with Crippen LogP contribution in [0, 0.1) is 13.8 Å². The first-order valence-electron chi connectivity index (χ1n) is 9.54. The van der Waals surface area contributed by atoms with Crippen LogP contribution in [-0.4, -0.2) is 47.3 Å². The second kappa shape index (κ2) is 8.64. The maximum Gasteiger partial charge on any atom is 0.255 e. The van der Waals surface area contributed by atoms with E-state index in [9.17, 15) is 4.79 Å². The molecule has 0 aromatic carbocycles. The maximum atomic E-state index is 12.7. The Labute approximate surface area is 154 Å². The lowest BCUT2D eigenvalue weighted by molar-refractivity contribution is -0.0113. The molecule has 0 unspecified atom stereocenters. The summed E-state index contributed by atoms with van der Waals surface area (Å²) in [5.74, 6) is -0.0364. The van der Waals surface area contributed by atoms with E-state index < -0.39 is 0 Å². The molecule has 1 fully saturated rings. The van der Waals surface area contributed by atoms with Gasteiger partial charge in [0.25, 0.3) is 5.91 Å². The van der Waals surface area contributed by atoms with Gasteiger partial charge in [-0.15, -0.1) is 0 Å². The third-order valence-corrected chi connectivity index (χ3v) is 4.98. The summed E-state index contributed by atoms with van der Waals surface area (Å²) in [5.41, 5.74) is 3.38. The second-order valence-electron chi connectivity index (χ2n) is 6.98. The number of rotatable bonds is 7. The fourth-order valence-electron chi connectivity index (χ4n) is 3.63. The van der Waals surface area contributed by atoms with E-state index in [1.165, 1.54) is 0 Å². The third-order valence-electron chi connectivity index (χ3n) is 4.98. The van der Waals surface area contributed by atoms with E-state index in [0.29, 0.717) is 18.8 Å². The first-order chi connectivity index (χ1) is 12.6. The predicted molar refractivity (Wildman–Crippen MR) is 101 cm³/mol. The van der Waals surface area contributed by atoms with Crippen LogP contribution in [-0.2, 0) is 9.47 Å². The zero-order valence-electron chi connectivity index (χ0n) is 16.0. The van der Waals surface area contributed by atoms with Crippen molar-refractivity contribution in [3.63, 3.8) is 0 Å². The minimum absolute atomic E-state index is 0.0364. The number of amides is 1. The molecule has 0 spiro atoms. The number of nitrogens with zero attached hydrogens (tertiary/aromatic N) is 2. The Balaban J connectivity index is 1.53. The van der Waals surface area contributed by atoms with Crippen LogP contribution in [0.4, 0.5) is 0 Å². The van der Waals surface area contributed by atoms with Gasteiger partial charge in [0, 0.05) is 30.2 Å². The first-order valence-corrected chi connectivity index (χ1v) is 9.54. The number of fused-ring (bicyclic) bond motifs is 1. The van der Waals surface area contributed by atoms with Crippen LogP contribution in [0.3, 0.4) is 0 Å². The molecule has 2 heterocycles. The van der Waals surface area contributed by atoms with Gasteiger partial charge in [0.05, 0.1) is 24.9 Å². The number of ether oxygens (including phenoxy) is 2. The van der Waals surface area contributed by atoms with Crippen molar-refractivity contribution in [2.45, 2.75) is 58.6 Å². The van der Waals surface area contributed by atoms with Crippen LogP contribution in [0.15, 0.2) is 18.3 Å². The highest BCUT2D eigenvalue weighted by molar-refractivity contribution is 6.00. The lowest BCUT2D eigenvalue weighted by Crippen LogP contribution is -2.39. The van der Waals surface area contributed by atoms with Crippen LogP contribution in [0.1, 0.15) is 54.4 Å². The highest BCUT2D eigenvalue weighted by Gasteiger charge is 2.24. The summed E-state index contributed by atoms with van der Waals surface area (Å²) >= 11 is 0. The summed E-state index contributed by atoms with van der Waals surface area (Å²) in [5, 5.41) is 3.18. The van der Waals surface area contributed by atoms with Crippen molar-refractivity contribution in [3.8, 4) is 0 Å². The summed E-state index contributed by atoms with van der Waals surface area (Å²) in [7, 11) is 0. The molecule has 3 rings (SSSR count). The van der Waals surface area contributed by atoms with Gasteiger partial charge in [0.1, 0.15) is 5.65 Å². The summed E-state index contributed by atoms with van der Waals surface area (Å²) in [6, 6.07) is 4.07. The molecular weight excluding hydrogens is 330 g/mol. The Morgan fingerprint density at radius 3 is 2.77 bits per heavy atom. The number of aryl methyl sites for hydroxylation is 2. The SMILES string of the molecule is CCOCCOC1CCC(NC(=O)c2ccn3c(C)cc(C)nc23)CC1. The minimum Gasteiger partial charge on any atom is -0.379 e. The van der Waals surface area contributed by atoms with Gasteiger partial charge in [-0.3, -0.25) is 4.79 Å². The molecule has 1 aliphatic carbocycles. The Morgan fingerprint density at radius 2 is 2.04 bits per heavy atom. The molecule has 1 aliphatic rings. The molecule has 142 valence electrons. The Hall–Kier alpha value is -1.92. The molecule has 6 nitrogen and oxygen atoms in total. The Bertz CT molecular complexity index is 748. The average Bonchev–Trinajstić information content (AvgIpc) is 3.04. The van der Waals surface area contributed by atoms with Gasteiger partial charge < -0.3 is 19.2 Å². The summed E-state index contributed by atoms with van der Waals surface area (Å²) in [6.45, 7) is 7.99. The van der Waals surface area contributed by atoms with Crippen molar-refractivity contribution in [2.75, 3.05) is 19.8 Å². The number of carbonyl (C=O) groups excluding carboxylic acids is 1. The number of nitrogens with one attached hydrogen (secondary N) is 1. The van der Waals surface area contributed by atoms with Crippen LogP contribution >= 0.6 is 0 Å². The van der Waals surface area contributed by atoms with Crippen molar-refractivity contribution in [1.82, 2.24) is 14.7 Å². The Morgan fingerprint density at radius 1 is 1.27 bits per heavy atom. The zero-order chi connectivity index (χ0) is 18.5. The van der Waals surface area contributed by atoms with Crippen LogP contribution in [0.5, 0.6) is 0 Å². The van der Waals surface area contributed by atoms with Gasteiger partial charge in [-0.05, 0) is 58.6 Å². The van der Waals surface area contributed by atoms with Gasteiger partial charge >= 0.3 is 0 Å². The van der Waals surface area contributed by atoms with E-state index >= 15 is 0 Å². The molecule has 6 heteroatoms. The van der Waals surface area contributed by atoms with Crippen molar-refractivity contribution >= 4 is 11.6 Å². The smallest absolute Gasteiger partial charge is 0.255 e. The predicted octanol–water partition coefficient (Wildman–Crippen LogP) is 3.05. The summed E-state index contributed by atoms with van der Waals surface area (Å²) < 4.78 is 13.1. The quantitative estimate of drug-likeness (QED) is 0.772. The van der Waals surface area contributed by atoms with E-state index in [4.69, 9.17) is 9.47 Å². The minimum atomic E-state index is -0.0364. The fourth-order valence-corrected chi connectivity index (χ4v) is 3.63. The molecule has 0 bridgehead atoms. The molecule has 0 aliphatic heterocycles. The number of aromatic nitrogens is 2. The lowest BCUT2D eigenvalue weighted by atomic mass is 9.93. The lowest BCUT2D eigenvalue weighted by Gasteiger charge is -2.29. The number of carbonyl (C=O) groups is 1. The molecule has 1 saturated carbocycles. The molecule has 2 aromatic rings. The molecule has 2 aromatic heterocycles. The first kappa shape index (κ1) is 18.9. The fraction of sp³-hybridized carbons (Fsp3) is 0.600. The third kappa shape index (κ3) is 4.43. The molecule has 0 radical (unpaired) electrons.